The Bertz CT molecular complexity index is 666. The SMILES string of the molecule is CCOC(=O)c1c(NC(=O)C[C@@H]2C[C@H]3CC[C@H]2C3)sc2c1CCC2. The zero-order valence-corrected chi connectivity index (χ0v) is 15.0. The van der Waals surface area contributed by atoms with E-state index in [1.807, 2.05) is 6.92 Å². The molecule has 3 aliphatic carbocycles. The second-order valence-corrected chi connectivity index (χ2v) is 8.57. The van der Waals surface area contributed by atoms with Crippen LogP contribution in [0.25, 0.3) is 0 Å². The van der Waals surface area contributed by atoms with Crippen molar-refractivity contribution >= 4 is 28.2 Å². The third kappa shape index (κ3) is 2.87. The minimum atomic E-state index is -0.285. The first-order valence-corrected chi connectivity index (χ1v) is 10.1. The Labute approximate surface area is 147 Å². The zero-order valence-electron chi connectivity index (χ0n) is 14.2. The van der Waals surface area contributed by atoms with Gasteiger partial charge in [0.15, 0.2) is 0 Å². The number of nitrogens with one attached hydrogen (secondary N) is 1. The lowest BCUT2D eigenvalue weighted by Gasteiger charge is -2.20. The fourth-order valence-corrected chi connectivity index (χ4v) is 6.25. The Morgan fingerprint density at radius 1 is 1.25 bits per heavy atom. The molecule has 5 heteroatoms. The number of carbonyl (C=O) groups is 2. The van der Waals surface area contributed by atoms with Crippen LogP contribution in [-0.4, -0.2) is 18.5 Å². The first-order chi connectivity index (χ1) is 11.7. The van der Waals surface area contributed by atoms with Gasteiger partial charge in [-0.05, 0) is 68.8 Å². The van der Waals surface area contributed by atoms with Crippen molar-refractivity contribution < 1.29 is 14.3 Å². The van der Waals surface area contributed by atoms with E-state index in [0.717, 1.165) is 36.7 Å². The fourth-order valence-electron chi connectivity index (χ4n) is 4.95. The Morgan fingerprint density at radius 2 is 2.12 bits per heavy atom. The molecule has 130 valence electrons. The molecule has 0 unspecified atom stereocenters. The lowest BCUT2D eigenvalue weighted by Crippen LogP contribution is -2.21. The smallest absolute Gasteiger partial charge is 0.341 e. The monoisotopic (exact) mass is 347 g/mol. The van der Waals surface area contributed by atoms with E-state index in [9.17, 15) is 9.59 Å². The predicted molar refractivity (Wildman–Crippen MR) is 94.5 cm³/mol. The molecule has 1 aromatic rings. The maximum Gasteiger partial charge on any atom is 0.341 e. The number of aryl methyl sites for hydroxylation is 1. The molecule has 3 aliphatic rings. The van der Waals surface area contributed by atoms with Crippen molar-refractivity contribution in [3.05, 3.63) is 16.0 Å². The van der Waals surface area contributed by atoms with E-state index in [1.165, 1.54) is 30.6 Å². The Morgan fingerprint density at radius 3 is 2.83 bits per heavy atom. The van der Waals surface area contributed by atoms with Gasteiger partial charge >= 0.3 is 5.97 Å². The average molecular weight is 347 g/mol. The van der Waals surface area contributed by atoms with Crippen molar-refractivity contribution in [1.29, 1.82) is 0 Å². The Kier molecular flexibility index (Phi) is 4.37. The molecule has 0 radical (unpaired) electrons. The summed E-state index contributed by atoms with van der Waals surface area (Å²) in [5.41, 5.74) is 1.73. The number of thiophene rings is 1. The van der Waals surface area contributed by atoms with Crippen molar-refractivity contribution in [3.8, 4) is 0 Å². The van der Waals surface area contributed by atoms with E-state index < -0.39 is 0 Å². The highest BCUT2D eigenvalue weighted by atomic mass is 32.1. The standard InChI is InChI=1S/C19H25NO3S/c1-2-23-19(22)17-14-4-3-5-15(14)24-18(17)20-16(21)10-13-9-11-6-7-12(13)8-11/h11-13H,2-10H2,1H3,(H,20,21)/t11-,12-,13-/m0/s1. The van der Waals surface area contributed by atoms with Crippen LogP contribution in [0.4, 0.5) is 5.00 Å². The van der Waals surface area contributed by atoms with Gasteiger partial charge in [-0.15, -0.1) is 11.3 Å². The minimum Gasteiger partial charge on any atom is -0.462 e. The van der Waals surface area contributed by atoms with Gasteiger partial charge < -0.3 is 10.1 Å². The summed E-state index contributed by atoms with van der Waals surface area (Å²) in [4.78, 5) is 26.1. The Balaban J connectivity index is 1.47. The summed E-state index contributed by atoms with van der Waals surface area (Å²) >= 11 is 1.57. The Hall–Kier alpha value is -1.36. The third-order valence-corrected chi connectivity index (χ3v) is 7.19. The van der Waals surface area contributed by atoms with Crippen molar-refractivity contribution in [2.24, 2.45) is 17.8 Å². The summed E-state index contributed by atoms with van der Waals surface area (Å²) < 4.78 is 5.22. The van der Waals surface area contributed by atoms with Gasteiger partial charge in [-0.3, -0.25) is 4.79 Å². The maximum absolute atomic E-state index is 12.5. The normalized spacial score (nSPS) is 27.3. The fraction of sp³-hybridized carbons (Fsp3) is 0.684. The van der Waals surface area contributed by atoms with Crippen LogP contribution in [0.1, 0.15) is 66.2 Å². The molecular weight excluding hydrogens is 322 g/mol. The summed E-state index contributed by atoms with van der Waals surface area (Å²) in [6.45, 7) is 2.18. The molecule has 1 heterocycles. The summed E-state index contributed by atoms with van der Waals surface area (Å²) in [6, 6.07) is 0. The van der Waals surface area contributed by atoms with E-state index in [1.54, 1.807) is 11.3 Å². The van der Waals surface area contributed by atoms with Crippen molar-refractivity contribution in [3.63, 3.8) is 0 Å². The van der Waals surface area contributed by atoms with Crippen LogP contribution in [0.2, 0.25) is 0 Å². The number of rotatable bonds is 5. The molecule has 4 rings (SSSR count). The van der Waals surface area contributed by atoms with Crippen LogP contribution < -0.4 is 5.32 Å². The highest BCUT2D eigenvalue weighted by molar-refractivity contribution is 7.17. The molecule has 2 fully saturated rings. The summed E-state index contributed by atoms with van der Waals surface area (Å²) in [5, 5.41) is 3.76. The van der Waals surface area contributed by atoms with Crippen molar-refractivity contribution in [2.45, 2.75) is 58.3 Å². The van der Waals surface area contributed by atoms with Crippen molar-refractivity contribution in [1.82, 2.24) is 0 Å². The van der Waals surface area contributed by atoms with Crippen LogP contribution in [0.3, 0.4) is 0 Å². The molecule has 0 saturated heterocycles. The van der Waals surface area contributed by atoms with E-state index in [0.29, 0.717) is 29.5 Å². The first-order valence-electron chi connectivity index (χ1n) is 9.27. The maximum atomic E-state index is 12.5. The zero-order chi connectivity index (χ0) is 16.7. The number of anilines is 1. The van der Waals surface area contributed by atoms with Crippen LogP contribution in [0, 0.1) is 17.8 Å². The molecule has 1 aromatic heterocycles. The van der Waals surface area contributed by atoms with Crippen LogP contribution in [-0.2, 0) is 22.4 Å². The van der Waals surface area contributed by atoms with Gasteiger partial charge in [0.25, 0.3) is 0 Å². The summed E-state index contributed by atoms with van der Waals surface area (Å²) in [5.74, 6) is 1.93. The molecule has 4 nitrogen and oxygen atoms in total. The molecular formula is C19H25NO3S. The van der Waals surface area contributed by atoms with E-state index in [2.05, 4.69) is 5.32 Å². The van der Waals surface area contributed by atoms with Gasteiger partial charge in [0, 0.05) is 11.3 Å². The average Bonchev–Trinajstić information content (AvgIpc) is 3.26. The minimum absolute atomic E-state index is 0.0676. The van der Waals surface area contributed by atoms with Crippen LogP contribution >= 0.6 is 11.3 Å². The van der Waals surface area contributed by atoms with Crippen molar-refractivity contribution in [2.75, 3.05) is 11.9 Å². The van der Waals surface area contributed by atoms with E-state index >= 15 is 0 Å². The molecule has 3 atom stereocenters. The number of hydrogen-bond acceptors (Lipinski definition) is 4. The number of carbonyl (C=O) groups excluding carboxylic acids is 2. The second-order valence-electron chi connectivity index (χ2n) is 7.47. The summed E-state index contributed by atoms with van der Waals surface area (Å²) in [7, 11) is 0. The predicted octanol–water partition coefficient (Wildman–Crippen LogP) is 4.18. The molecule has 1 amide bonds. The highest BCUT2D eigenvalue weighted by Gasteiger charge is 2.40. The number of ether oxygens (including phenoxy) is 1. The lowest BCUT2D eigenvalue weighted by molar-refractivity contribution is -0.117. The third-order valence-electron chi connectivity index (χ3n) is 5.99. The molecule has 1 N–H and O–H groups in total. The van der Waals surface area contributed by atoms with E-state index in [-0.39, 0.29) is 11.9 Å². The van der Waals surface area contributed by atoms with Gasteiger partial charge in [0.1, 0.15) is 5.00 Å². The van der Waals surface area contributed by atoms with Gasteiger partial charge in [-0.2, -0.15) is 0 Å². The van der Waals surface area contributed by atoms with E-state index in [4.69, 9.17) is 4.74 Å². The number of hydrogen-bond donors (Lipinski definition) is 1. The van der Waals surface area contributed by atoms with Gasteiger partial charge in [-0.25, -0.2) is 4.79 Å². The first kappa shape index (κ1) is 16.1. The number of esters is 1. The largest absolute Gasteiger partial charge is 0.462 e. The van der Waals surface area contributed by atoms with Gasteiger partial charge in [0.05, 0.1) is 12.2 Å². The quantitative estimate of drug-likeness (QED) is 0.813. The molecule has 2 saturated carbocycles. The van der Waals surface area contributed by atoms with Gasteiger partial charge in [0.2, 0.25) is 5.91 Å². The highest BCUT2D eigenvalue weighted by Crippen LogP contribution is 2.49. The van der Waals surface area contributed by atoms with Gasteiger partial charge in [-0.1, -0.05) is 6.42 Å². The number of amides is 1. The second kappa shape index (κ2) is 6.51. The van der Waals surface area contributed by atoms with Crippen LogP contribution in [0.15, 0.2) is 0 Å². The lowest BCUT2D eigenvalue weighted by atomic mass is 9.86. The molecule has 2 bridgehead atoms. The molecule has 0 aromatic carbocycles. The molecule has 0 spiro atoms. The van der Waals surface area contributed by atoms with Crippen LogP contribution in [0.5, 0.6) is 0 Å². The molecule has 0 aliphatic heterocycles. The summed E-state index contributed by atoms with van der Waals surface area (Å²) in [6.07, 6.45) is 8.80. The number of fused-ring (bicyclic) bond motifs is 3. The molecule has 24 heavy (non-hydrogen) atoms. The topological polar surface area (TPSA) is 55.4 Å².